The second kappa shape index (κ2) is 7.07. The molecule has 3 rings (SSSR count). The van der Waals surface area contributed by atoms with Crippen LogP contribution in [0.3, 0.4) is 0 Å². The van der Waals surface area contributed by atoms with E-state index in [1.807, 2.05) is 6.07 Å². The van der Waals surface area contributed by atoms with E-state index in [1.54, 1.807) is 13.8 Å². The summed E-state index contributed by atoms with van der Waals surface area (Å²) >= 11 is 0. The van der Waals surface area contributed by atoms with E-state index < -0.39 is 21.8 Å². The van der Waals surface area contributed by atoms with E-state index in [-0.39, 0.29) is 29.3 Å². The van der Waals surface area contributed by atoms with Crippen LogP contribution < -0.4 is 4.31 Å². The molecule has 2 aromatic rings. The number of rotatable bonds is 4. The standard InChI is InChI=1S/C19H20FNO4S/c1-3-25-19(22)14-6-8-16(9-7-14)26(23,24)21-10-4-5-15-11-13(2)12-17(20)18(15)21/h6-9,11-12H,3-5,10H2,1-2H3. The predicted molar refractivity (Wildman–Crippen MR) is 96.4 cm³/mol. The van der Waals surface area contributed by atoms with Gasteiger partial charge < -0.3 is 4.74 Å². The van der Waals surface area contributed by atoms with E-state index >= 15 is 0 Å². The number of carbonyl (C=O) groups is 1. The number of ether oxygens (including phenoxy) is 1. The Kier molecular flexibility index (Phi) is 5.00. The van der Waals surface area contributed by atoms with Crippen LogP contribution in [0.25, 0.3) is 0 Å². The van der Waals surface area contributed by atoms with Crippen LogP contribution in [-0.2, 0) is 21.2 Å². The maximum absolute atomic E-state index is 14.5. The second-order valence-electron chi connectivity index (χ2n) is 6.18. The lowest BCUT2D eigenvalue weighted by Gasteiger charge is -2.31. The fourth-order valence-corrected chi connectivity index (χ4v) is 4.70. The molecule has 0 saturated heterocycles. The van der Waals surface area contributed by atoms with Gasteiger partial charge in [-0.25, -0.2) is 17.6 Å². The van der Waals surface area contributed by atoms with Crippen LogP contribution in [-0.4, -0.2) is 27.5 Å². The molecule has 0 radical (unpaired) electrons. The Morgan fingerprint density at radius 2 is 1.92 bits per heavy atom. The van der Waals surface area contributed by atoms with Crippen molar-refractivity contribution in [3.05, 3.63) is 58.9 Å². The van der Waals surface area contributed by atoms with E-state index in [1.165, 1.54) is 30.3 Å². The number of aryl methyl sites for hydroxylation is 2. The maximum Gasteiger partial charge on any atom is 0.338 e. The molecular formula is C19H20FNO4S. The van der Waals surface area contributed by atoms with Crippen molar-refractivity contribution < 1.29 is 22.3 Å². The van der Waals surface area contributed by atoms with Gasteiger partial charge in [-0.15, -0.1) is 0 Å². The van der Waals surface area contributed by atoms with Crippen molar-refractivity contribution in [3.8, 4) is 0 Å². The van der Waals surface area contributed by atoms with Gasteiger partial charge in [0.05, 0.1) is 22.8 Å². The molecule has 5 nitrogen and oxygen atoms in total. The van der Waals surface area contributed by atoms with Gasteiger partial charge in [-0.1, -0.05) is 6.07 Å². The summed E-state index contributed by atoms with van der Waals surface area (Å²) in [4.78, 5) is 11.7. The molecule has 0 atom stereocenters. The fraction of sp³-hybridized carbons (Fsp3) is 0.316. The van der Waals surface area contributed by atoms with Crippen molar-refractivity contribution in [1.82, 2.24) is 0 Å². The molecule has 138 valence electrons. The monoisotopic (exact) mass is 377 g/mol. The van der Waals surface area contributed by atoms with E-state index in [2.05, 4.69) is 0 Å². The van der Waals surface area contributed by atoms with Crippen LogP contribution >= 0.6 is 0 Å². The minimum absolute atomic E-state index is 0.0124. The molecule has 0 saturated carbocycles. The first kappa shape index (κ1) is 18.4. The van der Waals surface area contributed by atoms with Crippen LogP contribution in [0.15, 0.2) is 41.3 Å². The van der Waals surface area contributed by atoms with Crippen LogP contribution in [0.1, 0.15) is 34.8 Å². The lowest BCUT2D eigenvalue weighted by Crippen LogP contribution is -2.36. The highest BCUT2D eigenvalue weighted by molar-refractivity contribution is 7.92. The highest BCUT2D eigenvalue weighted by Gasteiger charge is 2.31. The minimum atomic E-state index is -3.92. The first-order valence-electron chi connectivity index (χ1n) is 8.43. The van der Waals surface area contributed by atoms with Gasteiger partial charge in [-0.2, -0.15) is 0 Å². The smallest absolute Gasteiger partial charge is 0.338 e. The summed E-state index contributed by atoms with van der Waals surface area (Å²) in [7, 11) is -3.92. The van der Waals surface area contributed by atoms with Gasteiger partial charge in [0.25, 0.3) is 10.0 Å². The third-order valence-electron chi connectivity index (χ3n) is 4.30. The lowest BCUT2D eigenvalue weighted by atomic mass is 10.0. The van der Waals surface area contributed by atoms with Gasteiger partial charge in [0.15, 0.2) is 0 Å². The number of esters is 1. The van der Waals surface area contributed by atoms with E-state index in [0.717, 1.165) is 9.87 Å². The van der Waals surface area contributed by atoms with Crippen molar-refractivity contribution in [1.29, 1.82) is 0 Å². The molecule has 1 aliphatic heterocycles. The molecule has 0 fully saturated rings. The quantitative estimate of drug-likeness (QED) is 0.766. The number of sulfonamides is 1. The largest absolute Gasteiger partial charge is 0.462 e. The SMILES string of the molecule is CCOC(=O)c1ccc(S(=O)(=O)N2CCCc3cc(C)cc(F)c32)cc1. The number of hydrogen-bond acceptors (Lipinski definition) is 4. The molecule has 7 heteroatoms. The van der Waals surface area contributed by atoms with E-state index in [4.69, 9.17) is 4.74 Å². The van der Waals surface area contributed by atoms with Crippen molar-refractivity contribution >= 4 is 21.7 Å². The molecule has 1 heterocycles. The Morgan fingerprint density at radius 1 is 1.23 bits per heavy atom. The number of carbonyl (C=O) groups excluding carboxylic acids is 1. The van der Waals surface area contributed by atoms with Gasteiger partial charge in [-0.3, -0.25) is 4.31 Å². The zero-order valence-electron chi connectivity index (χ0n) is 14.7. The Bertz CT molecular complexity index is 939. The highest BCUT2D eigenvalue weighted by Crippen LogP contribution is 2.35. The third kappa shape index (κ3) is 3.31. The zero-order chi connectivity index (χ0) is 18.9. The second-order valence-corrected chi connectivity index (χ2v) is 8.04. The highest BCUT2D eigenvalue weighted by atomic mass is 32.2. The number of halogens is 1. The van der Waals surface area contributed by atoms with E-state index in [0.29, 0.717) is 18.4 Å². The summed E-state index contributed by atoms with van der Waals surface area (Å²) < 4.78 is 46.6. The Hall–Kier alpha value is -2.41. The minimum Gasteiger partial charge on any atom is -0.462 e. The Morgan fingerprint density at radius 3 is 2.58 bits per heavy atom. The van der Waals surface area contributed by atoms with Gasteiger partial charge in [0.1, 0.15) is 5.82 Å². The number of nitrogens with zero attached hydrogens (tertiary/aromatic N) is 1. The summed E-state index contributed by atoms with van der Waals surface area (Å²) in [6.45, 7) is 3.93. The number of benzene rings is 2. The molecule has 0 amide bonds. The molecule has 26 heavy (non-hydrogen) atoms. The van der Waals surface area contributed by atoms with Gasteiger partial charge in [0, 0.05) is 6.54 Å². The number of hydrogen-bond donors (Lipinski definition) is 0. The molecule has 2 aromatic carbocycles. The normalized spacial score (nSPS) is 14.0. The molecule has 0 spiro atoms. The summed E-state index contributed by atoms with van der Waals surface area (Å²) in [6, 6.07) is 8.67. The van der Waals surface area contributed by atoms with Crippen molar-refractivity contribution in [2.24, 2.45) is 0 Å². The Balaban J connectivity index is 1.99. The van der Waals surface area contributed by atoms with Gasteiger partial charge in [-0.05, 0) is 68.1 Å². The molecule has 1 aliphatic rings. The Labute approximate surface area is 152 Å². The van der Waals surface area contributed by atoms with Crippen LogP contribution in [0, 0.1) is 12.7 Å². The zero-order valence-corrected chi connectivity index (χ0v) is 15.5. The van der Waals surface area contributed by atoms with Gasteiger partial charge in [0.2, 0.25) is 0 Å². The number of fused-ring (bicyclic) bond motifs is 1. The third-order valence-corrected chi connectivity index (χ3v) is 6.11. The molecular weight excluding hydrogens is 357 g/mol. The van der Waals surface area contributed by atoms with Crippen LogP contribution in [0.4, 0.5) is 10.1 Å². The average Bonchev–Trinajstić information content (AvgIpc) is 2.61. The lowest BCUT2D eigenvalue weighted by molar-refractivity contribution is 0.0526. The fourth-order valence-electron chi connectivity index (χ4n) is 3.15. The summed E-state index contributed by atoms with van der Waals surface area (Å²) in [5.74, 6) is -1.05. The molecule has 0 unspecified atom stereocenters. The predicted octanol–water partition coefficient (Wildman–Crippen LogP) is 3.45. The van der Waals surface area contributed by atoms with Crippen LogP contribution in [0.5, 0.6) is 0 Å². The molecule has 0 aromatic heterocycles. The molecule has 0 aliphatic carbocycles. The number of anilines is 1. The summed E-state index contributed by atoms with van der Waals surface area (Å²) in [6.07, 6.45) is 1.26. The molecule has 0 N–H and O–H groups in total. The maximum atomic E-state index is 14.5. The van der Waals surface area contributed by atoms with Crippen molar-refractivity contribution in [2.75, 3.05) is 17.5 Å². The van der Waals surface area contributed by atoms with Crippen LogP contribution in [0.2, 0.25) is 0 Å². The van der Waals surface area contributed by atoms with Crippen molar-refractivity contribution in [2.45, 2.75) is 31.6 Å². The topological polar surface area (TPSA) is 63.7 Å². The average molecular weight is 377 g/mol. The first-order chi connectivity index (χ1) is 12.3. The first-order valence-corrected chi connectivity index (χ1v) is 9.87. The summed E-state index contributed by atoms with van der Waals surface area (Å²) in [5, 5.41) is 0. The van der Waals surface area contributed by atoms with Crippen molar-refractivity contribution in [3.63, 3.8) is 0 Å². The van der Waals surface area contributed by atoms with Gasteiger partial charge >= 0.3 is 5.97 Å². The molecule has 0 bridgehead atoms. The van der Waals surface area contributed by atoms with E-state index in [9.17, 15) is 17.6 Å². The summed E-state index contributed by atoms with van der Waals surface area (Å²) in [5.41, 5.74) is 1.85.